The number of rotatable bonds is 6. The lowest BCUT2D eigenvalue weighted by Crippen LogP contribution is -2.48. The van der Waals surface area contributed by atoms with E-state index in [9.17, 15) is 19.1 Å². The molecule has 1 atom stereocenters. The monoisotopic (exact) mass is 372 g/mol. The Labute approximate surface area is 156 Å². The number of carboxylic acid groups (broad SMARTS) is 1. The molecule has 0 aliphatic carbocycles. The van der Waals surface area contributed by atoms with Crippen molar-refractivity contribution in [3.05, 3.63) is 59.4 Å². The third-order valence-electron chi connectivity index (χ3n) is 4.66. The van der Waals surface area contributed by atoms with Crippen LogP contribution >= 0.6 is 0 Å². The summed E-state index contributed by atoms with van der Waals surface area (Å²) in [6.45, 7) is 1.48. The van der Waals surface area contributed by atoms with E-state index in [0.29, 0.717) is 11.3 Å². The second kappa shape index (κ2) is 8.18. The number of ketones is 1. The van der Waals surface area contributed by atoms with Crippen molar-refractivity contribution in [3.8, 4) is 5.75 Å². The van der Waals surface area contributed by atoms with Gasteiger partial charge >= 0.3 is 5.97 Å². The molecule has 142 valence electrons. The molecule has 0 bridgehead atoms. The van der Waals surface area contributed by atoms with Gasteiger partial charge in [0.05, 0.1) is 0 Å². The van der Waals surface area contributed by atoms with Crippen molar-refractivity contribution in [1.82, 2.24) is 4.90 Å². The Balaban J connectivity index is 1.87. The number of carbonyl (C=O) groups excluding carboxylic acids is 1. The van der Waals surface area contributed by atoms with Crippen LogP contribution in [0.15, 0.2) is 42.5 Å². The van der Waals surface area contributed by atoms with Gasteiger partial charge in [0.1, 0.15) is 23.3 Å². The van der Waals surface area contributed by atoms with Gasteiger partial charge in [0, 0.05) is 30.4 Å². The third kappa shape index (κ3) is 4.43. The SMILES string of the molecule is O=C(O)c1ccc(NC(C(=O)c2ccc(F)cc2)N2CCCCC2)cc1O. The van der Waals surface area contributed by atoms with Gasteiger partial charge in [-0.3, -0.25) is 9.69 Å². The van der Waals surface area contributed by atoms with Crippen LogP contribution in [0.25, 0.3) is 0 Å². The van der Waals surface area contributed by atoms with Crippen molar-refractivity contribution >= 4 is 17.4 Å². The minimum Gasteiger partial charge on any atom is -0.507 e. The fourth-order valence-electron chi connectivity index (χ4n) is 3.23. The lowest BCUT2D eigenvalue weighted by atomic mass is 10.0. The van der Waals surface area contributed by atoms with Crippen LogP contribution in [0, 0.1) is 5.82 Å². The first kappa shape index (κ1) is 18.8. The fourth-order valence-corrected chi connectivity index (χ4v) is 3.23. The maximum absolute atomic E-state index is 13.2. The zero-order valence-corrected chi connectivity index (χ0v) is 14.7. The van der Waals surface area contributed by atoms with Crippen LogP contribution < -0.4 is 5.32 Å². The van der Waals surface area contributed by atoms with Crippen molar-refractivity contribution in [3.63, 3.8) is 0 Å². The maximum Gasteiger partial charge on any atom is 0.339 e. The lowest BCUT2D eigenvalue weighted by Gasteiger charge is -2.34. The molecule has 2 aromatic rings. The predicted molar refractivity (Wildman–Crippen MR) is 98.6 cm³/mol. The molecule has 0 radical (unpaired) electrons. The predicted octanol–water partition coefficient (Wildman–Crippen LogP) is 3.34. The number of likely N-dealkylation sites (tertiary alicyclic amines) is 1. The summed E-state index contributed by atoms with van der Waals surface area (Å²) in [4.78, 5) is 26.1. The number of carbonyl (C=O) groups is 2. The Hall–Kier alpha value is -2.93. The highest BCUT2D eigenvalue weighted by Crippen LogP contribution is 2.24. The van der Waals surface area contributed by atoms with Gasteiger partial charge < -0.3 is 15.5 Å². The van der Waals surface area contributed by atoms with Crippen molar-refractivity contribution in [2.75, 3.05) is 18.4 Å². The van der Waals surface area contributed by atoms with Crippen LogP contribution in [0.4, 0.5) is 10.1 Å². The fraction of sp³-hybridized carbons (Fsp3) is 0.300. The molecule has 3 N–H and O–H groups in total. The molecule has 1 aliphatic heterocycles. The van der Waals surface area contributed by atoms with Gasteiger partial charge in [0.25, 0.3) is 0 Å². The average Bonchev–Trinajstić information content (AvgIpc) is 2.66. The molecular weight excluding hydrogens is 351 g/mol. The molecule has 1 unspecified atom stereocenters. The Morgan fingerprint density at radius 2 is 1.70 bits per heavy atom. The third-order valence-corrected chi connectivity index (χ3v) is 4.66. The molecule has 27 heavy (non-hydrogen) atoms. The Morgan fingerprint density at radius 3 is 2.30 bits per heavy atom. The summed E-state index contributed by atoms with van der Waals surface area (Å²) in [7, 11) is 0. The van der Waals surface area contributed by atoms with E-state index >= 15 is 0 Å². The molecule has 6 nitrogen and oxygen atoms in total. The van der Waals surface area contributed by atoms with E-state index in [0.717, 1.165) is 32.4 Å². The van der Waals surface area contributed by atoms with E-state index in [1.54, 1.807) is 0 Å². The van der Waals surface area contributed by atoms with Gasteiger partial charge in [-0.25, -0.2) is 9.18 Å². The normalized spacial score (nSPS) is 15.9. The molecule has 0 amide bonds. The van der Waals surface area contributed by atoms with E-state index in [1.807, 2.05) is 4.90 Å². The van der Waals surface area contributed by atoms with Gasteiger partial charge in [-0.05, 0) is 49.2 Å². The first-order valence-corrected chi connectivity index (χ1v) is 8.82. The summed E-state index contributed by atoms with van der Waals surface area (Å²) in [5.74, 6) is -2.23. The number of carboxylic acids is 1. The molecule has 7 heteroatoms. The standard InChI is InChI=1S/C20H21FN2O4/c21-14-6-4-13(5-7-14)18(25)19(23-10-2-1-3-11-23)22-15-8-9-16(20(26)27)17(24)12-15/h4-9,12,19,22,24H,1-3,10-11H2,(H,26,27). The number of nitrogens with zero attached hydrogens (tertiary/aromatic N) is 1. The quantitative estimate of drug-likeness (QED) is 0.674. The smallest absolute Gasteiger partial charge is 0.339 e. The first-order valence-electron chi connectivity index (χ1n) is 8.82. The van der Waals surface area contributed by atoms with Crippen molar-refractivity contribution < 1.29 is 24.2 Å². The minimum absolute atomic E-state index is 0.208. The molecule has 2 aromatic carbocycles. The number of benzene rings is 2. The van der Waals surface area contributed by atoms with Gasteiger partial charge in [-0.1, -0.05) is 6.42 Å². The number of aromatic carboxylic acids is 1. The maximum atomic E-state index is 13.2. The van der Waals surface area contributed by atoms with E-state index in [-0.39, 0.29) is 17.1 Å². The minimum atomic E-state index is -1.23. The first-order chi connectivity index (χ1) is 13.0. The van der Waals surface area contributed by atoms with E-state index in [2.05, 4.69) is 5.32 Å². The average molecular weight is 372 g/mol. The largest absolute Gasteiger partial charge is 0.507 e. The zero-order valence-electron chi connectivity index (χ0n) is 14.7. The number of hydrogen-bond acceptors (Lipinski definition) is 5. The van der Waals surface area contributed by atoms with E-state index in [4.69, 9.17) is 5.11 Å². The highest BCUT2D eigenvalue weighted by Gasteiger charge is 2.28. The molecular formula is C20H21FN2O4. The van der Waals surface area contributed by atoms with Crippen LogP contribution in [-0.2, 0) is 0 Å². The number of piperidine rings is 1. The van der Waals surface area contributed by atoms with Gasteiger partial charge in [-0.15, -0.1) is 0 Å². The Bertz CT molecular complexity index is 832. The summed E-state index contributed by atoms with van der Waals surface area (Å²) >= 11 is 0. The van der Waals surface area contributed by atoms with E-state index in [1.165, 1.54) is 42.5 Å². The summed E-state index contributed by atoms with van der Waals surface area (Å²) in [5.41, 5.74) is 0.606. The lowest BCUT2D eigenvalue weighted by molar-refractivity contribution is 0.0693. The molecule has 0 aromatic heterocycles. The summed E-state index contributed by atoms with van der Waals surface area (Å²) in [5, 5.41) is 22.0. The number of halogens is 1. The molecule has 1 saturated heterocycles. The van der Waals surface area contributed by atoms with Gasteiger partial charge in [0.15, 0.2) is 5.78 Å². The van der Waals surface area contributed by atoms with Crippen molar-refractivity contribution in [2.24, 2.45) is 0 Å². The molecule has 0 spiro atoms. The molecule has 0 saturated carbocycles. The highest BCUT2D eigenvalue weighted by molar-refractivity contribution is 6.01. The summed E-state index contributed by atoms with van der Waals surface area (Å²) < 4.78 is 13.2. The number of phenols is 1. The van der Waals surface area contributed by atoms with Crippen LogP contribution in [-0.4, -0.2) is 46.1 Å². The molecule has 1 fully saturated rings. The van der Waals surface area contributed by atoms with Gasteiger partial charge in [0.2, 0.25) is 0 Å². The second-order valence-electron chi connectivity index (χ2n) is 6.55. The summed E-state index contributed by atoms with van der Waals surface area (Å²) in [6.07, 6.45) is 2.35. The topological polar surface area (TPSA) is 89.9 Å². The van der Waals surface area contributed by atoms with Crippen LogP contribution in [0.5, 0.6) is 5.75 Å². The number of Topliss-reactive ketones (excluding diaryl/α,β-unsaturated/α-hetero) is 1. The highest BCUT2D eigenvalue weighted by atomic mass is 19.1. The molecule has 1 heterocycles. The van der Waals surface area contributed by atoms with Crippen LogP contribution in [0.2, 0.25) is 0 Å². The summed E-state index contributed by atoms with van der Waals surface area (Å²) in [6, 6.07) is 9.47. The van der Waals surface area contributed by atoms with Gasteiger partial charge in [-0.2, -0.15) is 0 Å². The Kier molecular flexibility index (Phi) is 5.71. The number of aromatic hydroxyl groups is 1. The Morgan fingerprint density at radius 1 is 1.04 bits per heavy atom. The van der Waals surface area contributed by atoms with Crippen LogP contribution in [0.3, 0.4) is 0 Å². The molecule has 3 rings (SSSR count). The number of nitrogens with one attached hydrogen (secondary N) is 1. The molecule has 1 aliphatic rings. The van der Waals surface area contributed by atoms with Crippen molar-refractivity contribution in [2.45, 2.75) is 25.4 Å². The van der Waals surface area contributed by atoms with E-state index < -0.39 is 18.0 Å². The second-order valence-corrected chi connectivity index (χ2v) is 6.55. The number of hydrogen-bond donors (Lipinski definition) is 3. The van der Waals surface area contributed by atoms with Crippen molar-refractivity contribution in [1.29, 1.82) is 0 Å². The number of anilines is 1. The zero-order chi connectivity index (χ0) is 19.4. The van der Waals surface area contributed by atoms with Crippen LogP contribution in [0.1, 0.15) is 40.0 Å².